The van der Waals surface area contributed by atoms with Crippen LogP contribution in [0, 0.1) is 0 Å². The zero-order valence-electron chi connectivity index (χ0n) is 8.12. The highest BCUT2D eigenvalue weighted by atomic mass is 32.1. The van der Waals surface area contributed by atoms with E-state index >= 15 is 0 Å². The maximum absolute atomic E-state index is 6.00. The molecular weight excluding hydrogens is 212 g/mol. The van der Waals surface area contributed by atoms with Crippen LogP contribution in [0.4, 0.5) is 0 Å². The molecule has 15 heavy (non-hydrogen) atoms. The maximum atomic E-state index is 6.00. The van der Waals surface area contributed by atoms with Gasteiger partial charge in [0.25, 0.3) is 0 Å². The molecule has 2 heterocycles. The minimum Gasteiger partial charge on any atom is -0.480 e. The Labute approximate surface area is 91.0 Å². The highest BCUT2D eigenvalue weighted by Gasteiger charge is 2.17. The Morgan fingerprint density at radius 1 is 1.33 bits per heavy atom. The second-order valence-electron chi connectivity index (χ2n) is 2.84. The number of nitrogens with two attached hydrogens (primary N) is 1. The van der Waals surface area contributed by atoms with Crippen LogP contribution in [0.25, 0.3) is 0 Å². The molecule has 0 fully saturated rings. The standard InChI is InChI=1S/C9H10N4OS/c1-14-9-8(11-2-3-12-9)7(10)6-4-15-5-13-6/h2-5,7H,10H2,1H3. The Hall–Kier alpha value is -1.53. The molecule has 0 aliphatic heterocycles. The van der Waals surface area contributed by atoms with Crippen molar-refractivity contribution in [1.82, 2.24) is 15.0 Å². The van der Waals surface area contributed by atoms with Crippen molar-refractivity contribution in [2.45, 2.75) is 6.04 Å². The van der Waals surface area contributed by atoms with Crippen molar-refractivity contribution < 1.29 is 4.74 Å². The summed E-state index contributed by atoms with van der Waals surface area (Å²) in [5.41, 5.74) is 9.11. The van der Waals surface area contributed by atoms with E-state index in [1.165, 1.54) is 11.3 Å². The van der Waals surface area contributed by atoms with E-state index in [9.17, 15) is 0 Å². The molecule has 6 heteroatoms. The molecule has 78 valence electrons. The molecule has 0 radical (unpaired) electrons. The normalized spacial score (nSPS) is 12.4. The molecule has 0 amide bonds. The van der Waals surface area contributed by atoms with Gasteiger partial charge >= 0.3 is 0 Å². The lowest BCUT2D eigenvalue weighted by Gasteiger charge is -2.10. The van der Waals surface area contributed by atoms with Crippen molar-refractivity contribution in [3.05, 3.63) is 34.7 Å². The number of ether oxygens (including phenoxy) is 1. The van der Waals surface area contributed by atoms with E-state index in [1.807, 2.05) is 5.38 Å². The average Bonchev–Trinajstić information content (AvgIpc) is 2.81. The summed E-state index contributed by atoms with van der Waals surface area (Å²) in [5.74, 6) is 0.443. The van der Waals surface area contributed by atoms with Gasteiger partial charge in [0.2, 0.25) is 5.88 Å². The third-order valence-electron chi connectivity index (χ3n) is 1.95. The Kier molecular flexibility index (Phi) is 2.89. The van der Waals surface area contributed by atoms with Crippen molar-refractivity contribution >= 4 is 11.3 Å². The number of nitrogens with zero attached hydrogens (tertiary/aromatic N) is 3. The molecule has 0 bridgehead atoms. The lowest BCUT2D eigenvalue weighted by molar-refractivity contribution is 0.386. The van der Waals surface area contributed by atoms with Crippen LogP contribution in [0.15, 0.2) is 23.3 Å². The van der Waals surface area contributed by atoms with Gasteiger partial charge in [0, 0.05) is 17.8 Å². The zero-order chi connectivity index (χ0) is 10.7. The molecule has 2 aromatic heterocycles. The number of hydrogen-bond donors (Lipinski definition) is 1. The van der Waals surface area contributed by atoms with Gasteiger partial charge in [-0.3, -0.25) is 4.98 Å². The first-order valence-corrected chi connectivity index (χ1v) is 5.25. The monoisotopic (exact) mass is 222 g/mol. The SMILES string of the molecule is COc1nccnc1C(N)c1cscn1. The predicted octanol–water partition coefficient (Wildman–Crippen LogP) is 0.990. The summed E-state index contributed by atoms with van der Waals surface area (Å²) in [6.07, 6.45) is 3.15. The summed E-state index contributed by atoms with van der Waals surface area (Å²) in [5, 5.41) is 1.89. The number of rotatable bonds is 3. The predicted molar refractivity (Wildman–Crippen MR) is 56.7 cm³/mol. The Morgan fingerprint density at radius 3 is 2.80 bits per heavy atom. The lowest BCUT2D eigenvalue weighted by Crippen LogP contribution is -2.15. The van der Waals surface area contributed by atoms with E-state index in [-0.39, 0.29) is 6.04 Å². The molecule has 0 saturated heterocycles. The second-order valence-corrected chi connectivity index (χ2v) is 3.56. The first kappa shape index (κ1) is 10.0. The van der Waals surface area contributed by atoms with Gasteiger partial charge in [0.15, 0.2) is 0 Å². The molecular formula is C9H10N4OS. The molecule has 0 spiro atoms. The smallest absolute Gasteiger partial charge is 0.237 e. The fourth-order valence-electron chi connectivity index (χ4n) is 1.22. The molecule has 1 atom stereocenters. The van der Waals surface area contributed by atoms with Crippen LogP contribution in [0.3, 0.4) is 0 Å². The van der Waals surface area contributed by atoms with Gasteiger partial charge in [-0.1, -0.05) is 0 Å². The largest absolute Gasteiger partial charge is 0.480 e. The van der Waals surface area contributed by atoms with Gasteiger partial charge in [-0.25, -0.2) is 9.97 Å². The van der Waals surface area contributed by atoms with E-state index in [4.69, 9.17) is 10.5 Å². The minimum absolute atomic E-state index is 0.389. The summed E-state index contributed by atoms with van der Waals surface area (Å²) < 4.78 is 5.09. The van der Waals surface area contributed by atoms with Crippen LogP contribution in [-0.2, 0) is 0 Å². The van der Waals surface area contributed by atoms with Gasteiger partial charge in [-0.2, -0.15) is 0 Å². The van der Waals surface area contributed by atoms with Gasteiger partial charge in [0.05, 0.1) is 24.4 Å². The molecule has 1 unspecified atom stereocenters. The van der Waals surface area contributed by atoms with Crippen LogP contribution in [0.5, 0.6) is 5.88 Å². The molecule has 2 N–H and O–H groups in total. The van der Waals surface area contributed by atoms with Crippen molar-refractivity contribution in [1.29, 1.82) is 0 Å². The van der Waals surface area contributed by atoms with Crippen LogP contribution in [-0.4, -0.2) is 22.1 Å². The summed E-state index contributed by atoms with van der Waals surface area (Å²) in [6, 6.07) is -0.389. The lowest BCUT2D eigenvalue weighted by atomic mass is 10.2. The minimum atomic E-state index is -0.389. The third-order valence-corrected chi connectivity index (χ3v) is 2.55. The Morgan fingerprint density at radius 2 is 2.13 bits per heavy atom. The molecule has 0 aliphatic carbocycles. The highest BCUT2D eigenvalue weighted by molar-refractivity contribution is 7.07. The quantitative estimate of drug-likeness (QED) is 0.838. The van der Waals surface area contributed by atoms with Crippen molar-refractivity contribution in [2.75, 3.05) is 7.11 Å². The highest BCUT2D eigenvalue weighted by Crippen LogP contribution is 2.23. The van der Waals surface area contributed by atoms with E-state index in [2.05, 4.69) is 15.0 Å². The molecule has 0 aliphatic rings. The molecule has 2 aromatic rings. The zero-order valence-corrected chi connectivity index (χ0v) is 8.94. The van der Waals surface area contributed by atoms with E-state index in [1.54, 1.807) is 25.0 Å². The van der Waals surface area contributed by atoms with Gasteiger partial charge < -0.3 is 10.5 Å². The van der Waals surface area contributed by atoms with Gasteiger partial charge in [0.1, 0.15) is 5.69 Å². The first-order chi connectivity index (χ1) is 7.33. The molecule has 0 saturated carbocycles. The van der Waals surface area contributed by atoms with E-state index in [0.717, 1.165) is 5.69 Å². The van der Waals surface area contributed by atoms with Crippen molar-refractivity contribution in [2.24, 2.45) is 5.73 Å². The summed E-state index contributed by atoms with van der Waals surface area (Å²) in [4.78, 5) is 12.3. The second kappa shape index (κ2) is 4.33. The number of aromatic nitrogens is 3. The summed E-state index contributed by atoms with van der Waals surface area (Å²) in [7, 11) is 1.54. The third kappa shape index (κ3) is 1.95. The number of methoxy groups -OCH3 is 1. The van der Waals surface area contributed by atoms with E-state index < -0.39 is 0 Å². The fourth-order valence-corrected chi connectivity index (χ4v) is 1.81. The maximum Gasteiger partial charge on any atom is 0.237 e. The number of thiazole rings is 1. The van der Waals surface area contributed by atoms with Gasteiger partial charge in [-0.15, -0.1) is 11.3 Å². The Balaban J connectivity index is 2.37. The molecule has 5 nitrogen and oxygen atoms in total. The topological polar surface area (TPSA) is 73.9 Å². The van der Waals surface area contributed by atoms with Crippen LogP contribution >= 0.6 is 11.3 Å². The first-order valence-electron chi connectivity index (χ1n) is 4.31. The van der Waals surface area contributed by atoms with Crippen molar-refractivity contribution in [3.8, 4) is 5.88 Å². The number of hydrogen-bond acceptors (Lipinski definition) is 6. The fraction of sp³-hybridized carbons (Fsp3) is 0.222. The molecule has 0 aromatic carbocycles. The van der Waals surface area contributed by atoms with Crippen LogP contribution in [0.1, 0.15) is 17.4 Å². The van der Waals surface area contributed by atoms with E-state index in [0.29, 0.717) is 11.6 Å². The van der Waals surface area contributed by atoms with Crippen LogP contribution < -0.4 is 10.5 Å². The average molecular weight is 222 g/mol. The van der Waals surface area contributed by atoms with Gasteiger partial charge in [-0.05, 0) is 0 Å². The summed E-state index contributed by atoms with van der Waals surface area (Å²) >= 11 is 1.50. The van der Waals surface area contributed by atoms with Crippen LogP contribution in [0.2, 0.25) is 0 Å². The molecule has 2 rings (SSSR count). The van der Waals surface area contributed by atoms with Crippen molar-refractivity contribution in [3.63, 3.8) is 0 Å². The summed E-state index contributed by atoms with van der Waals surface area (Å²) in [6.45, 7) is 0. The Bertz CT molecular complexity index is 431.